The Morgan fingerprint density at radius 2 is 1.81 bits per heavy atom. The third-order valence-corrected chi connectivity index (χ3v) is 7.99. The van der Waals surface area contributed by atoms with Crippen molar-refractivity contribution in [1.82, 2.24) is 9.21 Å². The van der Waals surface area contributed by atoms with Crippen molar-refractivity contribution in [2.24, 2.45) is 0 Å². The van der Waals surface area contributed by atoms with Crippen LogP contribution in [0.25, 0.3) is 0 Å². The molecular weight excluding hydrogens is 467 g/mol. The van der Waals surface area contributed by atoms with Crippen molar-refractivity contribution in [3.63, 3.8) is 0 Å². The molecule has 0 atom stereocenters. The molecule has 1 aromatic heterocycles. The fourth-order valence-electron chi connectivity index (χ4n) is 3.40. The number of alkyl halides is 3. The van der Waals surface area contributed by atoms with E-state index in [0.29, 0.717) is 13.1 Å². The van der Waals surface area contributed by atoms with Crippen molar-refractivity contribution < 1.29 is 31.2 Å². The molecule has 12 heteroatoms. The summed E-state index contributed by atoms with van der Waals surface area (Å²) in [6.07, 6.45) is -3.17. The number of nitrogens with one attached hydrogen (secondary N) is 1. The second-order valence-corrected chi connectivity index (χ2v) is 9.96. The Morgan fingerprint density at radius 1 is 1.16 bits per heavy atom. The molecule has 0 aliphatic carbocycles. The Hall–Kier alpha value is -2.44. The molecule has 2 amide bonds. The summed E-state index contributed by atoms with van der Waals surface area (Å²) in [6.45, 7) is 1.89. The van der Waals surface area contributed by atoms with Crippen molar-refractivity contribution in [3.05, 3.63) is 46.2 Å². The Balaban J connectivity index is 1.77. The highest BCUT2D eigenvalue weighted by atomic mass is 32.2. The van der Waals surface area contributed by atoms with Crippen molar-refractivity contribution in [1.29, 1.82) is 0 Å². The van der Waals surface area contributed by atoms with E-state index in [2.05, 4.69) is 5.32 Å². The van der Waals surface area contributed by atoms with Gasteiger partial charge in [0.05, 0.1) is 11.3 Å². The second-order valence-electron chi connectivity index (χ2n) is 7.14. The van der Waals surface area contributed by atoms with Gasteiger partial charge in [-0.15, -0.1) is 11.3 Å². The number of anilines is 1. The fourth-order valence-corrected chi connectivity index (χ4v) is 6.28. The first kappa shape index (κ1) is 24.2. The summed E-state index contributed by atoms with van der Waals surface area (Å²) in [7, 11) is -3.84. The molecule has 174 valence electrons. The van der Waals surface area contributed by atoms with Crippen molar-refractivity contribution >= 4 is 38.9 Å². The number of carbonyl (C=O) groups is 2. The molecule has 1 aliphatic rings. The van der Waals surface area contributed by atoms with Crippen molar-refractivity contribution in [3.8, 4) is 0 Å². The van der Waals surface area contributed by atoms with E-state index >= 15 is 0 Å². The Kier molecular flexibility index (Phi) is 7.25. The van der Waals surface area contributed by atoms with Gasteiger partial charge in [-0.05, 0) is 43.3 Å². The van der Waals surface area contributed by atoms with Gasteiger partial charge >= 0.3 is 6.18 Å². The summed E-state index contributed by atoms with van der Waals surface area (Å²) < 4.78 is 66.6. The summed E-state index contributed by atoms with van der Waals surface area (Å²) in [4.78, 5) is 26.4. The molecule has 0 unspecified atom stereocenters. The van der Waals surface area contributed by atoms with Crippen LogP contribution in [-0.4, -0.2) is 55.6 Å². The molecule has 3 rings (SSSR count). The number of nitrogens with zero attached hydrogens (tertiary/aromatic N) is 2. The number of amides is 2. The first-order valence-electron chi connectivity index (χ1n) is 9.88. The van der Waals surface area contributed by atoms with E-state index in [9.17, 15) is 31.2 Å². The minimum Gasteiger partial charge on any atom is -0.329 e. The van der Waals surface area contributed by atoms with E-state index < -0.39 is 45.8 Å². The van der Waals surface area contributed by atoms with E-state index in [1.165, 1.54) is 27.9 Å². The molecule has 1 N–H and O–H groups in total. The second kappa shape index (κ2) is 9.59. The van der Waals surface area contributed by atoms with Gasteiger partial charge in [0.25, 0.3) is 5.91 Å². The predicted molar refractivity (Wildman–Crippen MR) is 114 cm³/mol. The van der Waals surface area contributed by atoms with Gasteiger partial charge in [0, 0.05) is 19.6 Å². The number of carbonyl (C=O) groups excluding carboxylic acids is 2. The zero-order valence-electron chi connectivity index (χ0n) is 17.2. The number of hydrogen-bond donors (Lipinski definition) is 1. The molecule has 0 radical (unpaired) electrons. The largest absolute Gasteiger partial charge is 0.418 e. The molecule has 1 aliphatic heterocycles. The van der Waals surface area contributed by atoms with Gasteiger partial charge in [-0.3, -0.25) is 9.59 Å². The molecule has 1 aromatic carbocycles. The van der Waals surface area contributed by atoms with Crippen LogP contribution in [0.4, 0.5) is 18.9 Å². The van der Waals surface area contributed by atoms with Crippen molar-refractivity contribution in [2.75, 3.05) is 31.5 Å². The van der Waals surface area contributed by atoms with E-state index in [4.69, 9.17) is 0 Å². The molecule has 0 spiro atoms. The van der Waals surface area contributed by atoms with E-state index in [-0.39, 0.29) is 16.3 Å². The van der Waals surface area contributed by atoms with E-state index in [1.54, 1.807) is 6.92 Å². The van der Waals surface area contributed by atoms with Crippen LogP contribution in [0.2, 0.25) is 0 Å². The number of likely N-dealkylation sites (N-methyl/N-ethyl adjacent to an activating group) is 1. The third-order valence-electron chi connectivity index (χ3n) is 5.02. The number of para-hydroxylation sites is 1. The minimum absolute atomic E-state index is 0.0257. The Labute approximate surface area is 187 Å². The summed E-state index contributed by atoms with van der Waals surface area (Å²) in [6, 6.07) is 5.89. The average Bonchev–Trinajstić information content (AvgIpc) is 3.43. The first-order valence-corrected chi connectivity index (χ1v) is 12.2. The zero-order chi connectivity index (χ0) is 23.5. The van der Waals surface area contributed by atoms with Crippen molar-refractivity contribution in [2.45, 2.75) is 30.8 Å². The van der Waals surface area contributed by atoms with Gasteiger partial charge in [-0.1, -0.05) is 12.1 Å². The lowest BCUT2D eigenvalue weighted by molar-refractivity contribution is -0.137. The number of benzene rings is 1. The highest BCUT2D eigenvalue weighted by Crippen LogP contribution is 2.34. The van der Waals surface area contributed by atoms with Crippen LogP contribution in [0.1, 0.15) is 35.0 Å². The maximum Gasteiger partial charge on any atom is 0.418 e. The van der Waals surface area contributed by atoms with Crippen LogP contribution >= 0.6 is 11.3 Å². The van der Waals surface area contributed by atoms with Gasteiger partial charge in [0.15, 0.2) is 0 Å². The van der Waals surface area contributed by atoms with Gasteiger partial charge in [-0.2, -0.15) is 17.5 Å². The normalized spacial score (nSPS) is 15.0. The summed E-state index contributed by atoms with van der Waals surface area (Å²) in [5.74, 6) is -1.49. The highest BCUT2D eigenvalue weighted by Gasteiger charge is 2.35. The van der Waals surface area contributed by atoms with Gasteiger partial charge in [0.1, 0.15) is 16.3 Å². The molecule has 2 heterocycles. The highest BCUT2D eigenvalue weighted by molar-refractivity contribution is 7.89. The minimum atomic E-state index is -4.65. The SMILES string of the molecule is CCN(CC(=O)Nc1ccccc1C(F)(F)F)C(=O)c1sccc1S(=O)(=O)N1CCCC1. The molecule has 0 saturated carbocycles. The molecule has 1 fully saturated rings. The summed E-state index contributed by atoms with van der Waals surface area (Å²) >= 11 is 0.946. The molecule has 32 heavy (non-hydrogen) atoms. The maximum atomic E-state index is 13.2. The van der Waals surface area contributed by atoms with Gasteiger partial charge < -0.3 is 10.2 Å². The summed E-state index contributed by atoms with van der Waals surface area (Å²) in [5, 5.41) is 3.69. The Bertz CT molecular complexity index is 1090. The van der Waals surface area contributed by atoms with E-state index in [0.717, 1.165) is 41.2 Å². The fraction of sp³-hybridized carbons (Fsp3) is 0.400. The molecule has 7 nitrogen and oxygen atoms in total. The smallest absolute Gasteiger partial charge is 0.329 e. The van der Waals surface area contributed by atoms with E-state index in [1.807, 2.05) is 0 Å². The first-order chi connectivity index (χ1) is 15.1. The lowest BCUT2D eigenvalue weighted by atomic mass is 10.1. The zero-order valence-corrected chi connectivity index (χ0v) is 18.8. The number of sulfonamides is 1. The number of rotatable bonds is 7. The molecule has 0 bridgehead atoms. The van der Waals surface area contributed by atoms with Gasteiger partial charge in [0.2, 0.25) is 15.9 Å². The monoisotopic (exact) mass is 489 g/mol. The summed E-state index contributed by atoms with van der Waals surface area (Å²) in [5.41, 5.74) is -1.41. The number of hydrogen-bond acceptors (Lipinski definition) is 5. The van der Waals surface area contributed by atoms with Gasteiger partial charge in [-0.25, -0.2) is 8.42 Å². The van der Waals surface area contributed by atoms with Crippen LogP contribution in [0.15, 0.2) is 40.6 Å². The van der Waals surface area contributed by atoms with Crippen LogP contribution in [0.3, 0.4) is 0 Å². The van der Waals surface area contributed by atoms with Crippen LogP contribution in [0, 0.1) is 0 Å². The molecule has 1 saturated heterocycles. The van der Waals surface area contributed by atoms with Crippen LogP contribution < -0.4 is 5.32 Å². The topological polar surface area (TPSA) is 86.8 Å². The quantitative estimate of drug-likeness (QED) is 0.643. The molecule has 2 aromatic rings. The third kappa shape index (κ3) is 5.13. The maximum absolute atomic E-state index is 13.2. The molecular formula is C20H22F3N3O4S2. The standard InChI is InChI=1S/C20H22F3N3O4S2/c1-2-25(13-17(27)24-15-8-4-3-7-14(15)20(21,22)23)19(28)18-16(9-12-31-18)32(29,30)26-10-5-6-11-26/h3-4,7-9,12H,2,5-6,10-11,13H2,1H3,(H,24,27). The Morgan fingerprint density at radius 3 is 2.44 bits per heavy atom. The average molecular weight is 490 g/mol. The lowest BCUT2D eigenvalue weighted by Gasteiger charge is -2.22. The van der Waals surface area contributed by atoms with Crippen LogP contribution in [-0.2, 0) is 21.0 Å². The lowest BCUT2D eigenvalue weighted by Crippen LogP contribution is -2.38. The number of halogens is 3. The predicted octanol–water partition coefficient (Wildman–Crippen LogP) is 3.65. The number of thiophene rings is 1. The van der Waals surface area contributed by atoms with Crippen LogP contribution in [0.5, 0.6) is 0 Å².